The van der Waals surface area contributed by atoms with Gasteiger partial charge in [0.05, 0.1) is 4.92 Å². The van der Waals surface area contributed by atoms with Crippen molar-refractivity contribution in [3.63, 3.8) is 0 Å². The Balaban J connectivity index is 1.86. The van der Waals surface area contributed by atoms with Crippen molar-refractivity contribution in [3.8, 4) is 5.75 Å². The minimum atomic E-state index is -2.97. The molecular formula is C16H15F2N3O4. The Morgan fingerprint density at radius 2 is 1.92 bits per heavy atom. The average molecular weight is 351 g/mol. The van der Waals surface area contributed by atoms with Gasteiger partial charge in [-0.05, 0) is 24.3 Å². The molecule has 0 spiro atoms. The smallest absolute Gasteiger partial charge is 0.387 e. The molecule has 9 heteroatoms. The summed E-state index contributed by atoms with van der Waals surface area (Å²) in [5.74, 6) is -0.579. The molecule has 0 radical (unpaired) electrons. The highest BCUT2D eigenvalue weighted by atomic mass is 19.3. The Kier molecular flexibility index (Phi) is 6.21. The monoisotopic (exact) mass is 351 g/mol. The molecule has 0 aliphatic heterocycles. The molecule has 2 aromatic rings. The Morgan fingerprint density at radius 3 is 2.64 bits per heavy atom. The number of hydrogen-bond acceptors (Lipinski definition) is 5. The maximum atomic E-state index is 12.2. The van der Waals surface area contributed by atoms with Crippen LogP contribution in [0.15, 0.2) is 48.5 Å². The summed E-state index contributed by atoms with van der Waals surface area (Å²) >= 11 is 0. The Hall–Kier alpha value is -3.23. The molecule has 2 N–H and O–H groups in total. The highest BCUT2D eigenvalue weighted by molar-refractivity contribution is 5.94. The molecule has 0 fully saturated rings. The number of carbonyl (C=O) groups excluding carboxylic acids is 1. The summed E-state index contributed by atoms with van der Waals surface area (Å²) < 4.78 is 28.6. The summed E-state index contributed by atoms with van der Waals surface area (Å²) in [7, 11) is 0. The number of anilines is 1. The minimum absolute atomic E-state index is 0.0642. The van der Waals surface area contributed by atoms with Gasteiger partial charge in [0.2, 0.25) is 0 Å². The molecule has 0 aliphatic rings. The van der Waals surface area contributed by atoms with E-state index in [-0.39, 0.29) is 30.1 Å². The first kappa shape index (κ1) is 18.1. The second-order valence-corrected chi connectivity index (χ2v) is 4.86. The van der Waals surface area contributed by atoms with Gasteiger partial charge in [-0.25, -0.2) is 0 Å². The Labute approximate surface area is 141 Å². The molecule has 25 heavy (non-hydrogen) atoms. The fourth-order valence-corrected chi connectivity index (χ4v) is 2.07. The van der Waals surface area contributed by atoms with Gasteiger partial charge in [0.1, 0.15) is 11.4 Å². The van der Waals surface area contributed by atoms with Crippen molar-refractivity contribution < 1.29 is 23.2 Å². The maximum absolute atomic E-state index is 12.2. The standard InChI is InChI=1S/C16H15F2N3O4/c17-16(18)25-12-5-3-4-11(10-12)15(22)20-9-8-19-13-6-1-2-7-14(13)21(23)24/h1-7,10,16,19H,8-9H2,(H,20,22). The first-order chi connectivity index (χ1) is 12.0. The number of alkyl halides is 2. The number of amides is 1. The van der Waals surface area contributed by atoms with Crippen molar-refractivity contribution in [2.24, 2.45) is 0 Å². The number of nitro benzene ring substituents is 1. The van der Waals surface area contributed by atoms with Crippen LogP contribution in [0, 0.1) is 10.1 Å². The van der Waals surface area contributed by atoms with E-state index in [0.29, 0.717) is 5.69 Å². The van der Waals surface area contributed by atoms with Gasteiger partial charge in [0.25, 0.3) is 11.6 Å². The Morgan fingerprint density at radius 1 is 1.16 bits per heavy atom. The number of halogens is 2. The molecule has 2 rings (SSSR count). The number of ether oxygens (including phenoxy) is 1. The normalized spacial score (nSPS) is 10.4. The molecule has 1 amide bonds. The van der Waals surface area contributed by atoms with Crippen molar-refractivity contribution in [2.45, 2.75) is 6.61 Å². The van der Waals surface area contributed by atoms with Crippen molar-refractivity contribution in [1.29, 1.82) is 0 Å². The van der Waals surface area contributed by atoms with Gasteiger partial charge in [-0.2, -0.15) is 8.78 Å². The lowest BCUT2D eigenvalue weighted by atomic mass is 10.2. The van der Waals surface area contributed by atoms with E-state index in [4.69, 9.17) is 0 Å². The highest BCUT2D eigenvalue weighted by Crippen LogP contribution is 2.22. The van der Waals surface area contributed by atoms with Crippen LogP contribution in [0.2, 0.25) is 0 Å². The van der Waals surface area contributed by atoms with Crippen LogP contribution >= 0.6 is 0 Å². The van der Waals surface area contributed by atoms with E-state index >= 15 is 0 Å². The number of nitrogens with zero attached hydrogens (tertiary/aromatic N) is 1. The number of benzene rings is 2. The summed E-state index contributed by atoms with van der Waals surface area (Å²) in [5.41, 5.74) is 0.448. The van der Waals surface area contributed by atoms with E-state index in [9.17, 15) is 23.7 Å². The van der Waals surface area contributed by atoms with E-state index in [0.717, 1.165) is 0 Å². The molecule has 0 unspecified atom stereocenters. The van der Waals surface area contributed by atoms with Gasteiger partial charge < -0.3 is 15.4 Å². The van der Waals surface area contributed by atoms with Crippen LogP contribution in [0.3, 0.4) is 0 Å². The summed E-state index contributed by atoms with van der Waals surface area (Å²) in [6.45, 7) is -2.53. The van der Waals surface area contributed by atoms with Crippen LogP contribution in [0.5, 0.6) is 5.75 Å². The lowest BCUT2D eigenvalue weighted by molar-refractivity contribution is -0.384. The fraction of sp³-hybridized carbons (Fsp3) is 0.188. The second-order valence-electron chi connectivity index (χ2n) is 4.86. The topological polar surface area (TPSA) is 93.5 Å². The van der Waals surface area contributed by atoms with Gasteiger partial charge in [-0.15, -0.1) is 0 Å². The van der Waals surface area contributed by atoms with E-state index < -0.39 is 17.4 Å². The van der Waals surface area contributed by atoms with Gasteiger partial charge in [0.15, 0.2) is 0 Å². The summed E-state index contributed by atoms with van der Waals surface area (Å²) in [4.78, 5) is 22.4. The summed E-state index contributed by atoms with van der Waals surface area (Å²) in [6, 6.07) is 11.6. The van der Waals surface area contributed by atoms with E-state index in [1.165, 1.54) is 30.3 Å². The van der Waals surface area contributed by atoms with Crippen LogP contribution in [0.4, 0.5) is 20.2 Å². The molecular weight excluding hydrogens is 336 g/mol. The third kappa shape index (κ3) is 5.41. The lowest BCUT2D eigenvalue weighted by Gasteiger charge is -2.09. The molecule has 2 aromatic carbocycles. The van der Waals surface area contributed by atoms with Gasteiger partial charge in [-0.1, -0.05) is 18.2 Å². The largest absolute Gasteiger partial charge is 0.435 e. The summed E-state index contributed by atoms with van der Waals surface area (Å²) in [6.07, 6.45) is 0. The molecule has 132 valence electrons. The third-order valence-corrected chi connectivity index (χ3v) is 3.15. The molecule has 7 nitrogen and oxygen atoms in total. The average Bonchev–Trinajstić information content (AvgIpc) is 2.58. The van der Waals surface area contributed by atoms with Crippen LogP contribution in [0.25, 0.3) is 0 Å². The van der Waals surface area contributed by atoms with Crippen molar-refractivity contribution in [2.75, 3.05) is 18.4 Å². The molecule has 0 saturated carbocycles. The van der Waals surface area contributed by atoms with E-state index in [2.05, 4.69) is 15.4 Å². The van der Waals surface area contributed by atoms with Crippen LogP contribution in [-0.2, 0) is 0 Å². The molecule has 0 bridgehead atoms. The molecule has 0 aliphatic carbocycles. The first-order valence-corrected chi connectivity index (χ1v) is 7.27. The van der Waals surface area contributed by atoms with Crippen molar-refractivity contribution in [3.05, 3.63) is 64.2 Å². The lowest BCUT2D eigenvalue weighted by Crippen LogP contribution is -2.28. The molecule has 0 heterocycles. The second kappa shape index (κ2) is 8.57. The van der Waals surface area contributed by atoms with Gasteiger partial charge in [0, 0.05) is 24.7 Å². The SMILES string of the molecule is O=C(NCCNc1ccccc1[N+](=O)[O-])c1cccc(OC(F)F)c1. The number of rotatable bonds is 8. The zero-order valence-corrected chi connectivity index (χ0v) is 12.9. The molecule has 0 atom stereocenters. The highest BCUT2D eigenvalue weighted by Gasteiger charge is 2.12. The number of nitrogens with one attached hydrogen (secondary N) is 2. The number of para-hydroxylation sites is 2. The zero-order chi connectivity index (χ0) is 18.2. The maximum Gasteiger partial charge on any atom is 0.387 e. The van der Waals surface area contributed by atoms with Crippen LogP contribution in [-0.4, -0.2) is 30.5 Å². The predicted molar refractivity (Wildman–Crippen MR) is 87.0 cm³/mol. The molecule has 0 saturated heterocycles. The van der Waals surface area contributed by atoms with Crippen molar-refractivity contribution in [1.82, 2.24) is 5.32 Å². The Bertz CT molecular complexity index is 756. The summed E-state index contributed by atoms with van der Waals surface area (Å²) in [5, 5.41) is 16.3. The minimum Gasteiger partial charge on any atom is -0.435 e. The fourth-order valence-electron chi connectivity index (χ4n) is 2.07. The van der Waals surface area contributed by atoms with Crippen LogP contribution in [0.1, 0.15) is 10.4 Å². The number of hydrogen-bond donors (Lipinski definition) is 2. The quantitative estimate of drug-likeness (QED) is 0.433. The predicted octanol–water partition coefficient (Wildman–Crippen LogP) is 3.04. The van der Waals surface area contributed by atoms with E-state index in [1.54, 1.807) is 18.2 Å². The third-order valence-electron chi connectivity index (χ3n) is 3.15. The van der Waals surface area contributed by atoms with Crippen molar-refractivity contribution >= 4 is 17.3 Å². The number of carbonyl (C=O) groups is 1. The molecule has 0 aromatic heterocycles. The first-order valence-electron chi connectivity index (χ1n) is 7.27. The van der Waals surface area contributed by atoms with Gasteiger partial charge in [-0.3, -0.25) is 14.9 Å². The number of nitro groups is 1. The van der Waals surface area contributed by atoms with E-state index in [1.807, 2.05) is 0 Å². The van der Waals surface area contributed by atoms with Gasteiger partial charge >= 0.3 is 6.61 Å². The van der Waals surface area contributed by atoms with Crippen LogP contribution < -0.4 is 15.4 Å². The zero-order valence-electron chi connectivity index (χ0n) is 12.9.